The fraction of sp³-hybridized carbons (Fsp3) is 0.538. The van der Waals surface area contributed by atoms with Crippen LogP contribution in [0.4, 0.5) is 0 Å². The summed E-state index contributed by atoms with van der Waals surface area (Å²) in [6.45, 7) is 0. The molecule has 0 unspecified atom stereocenters. The molecule has 0 spiro atoms. The van der Waals surface area contributed by atoms with Crippen molar-refractivity contribution in [1.29, 1.82) is 0 Å². The summed E-state index contributed by atoms with van der Waals surface area (Å²) in [4.78, 5) is 16.1. The molecule has 1 heterocycles. The Bertz CT molecular complexity index is 372. The third kappa shape index (κ3) is 3.14. The zero-order valence-electron chi connectivity index (χ0n) is 9.29. The van der Waals surface area contributed by atoms with Gasteiger partial charge in [0, 0.05) is 29.2 Å². The molecular weight excluding hydrogens is 266 g/mol. The van der Waals surface area contributed by atoms with Crippen molar-refractivity contribution in [1.82, 2.24) is 4.98 Å². The van der Waals surface area contributed by atoms with E-state index in [1.807, 2.05) is 6.07 Å². The maximum Gasteiger partial charge on any atom is 0.140 e. The molecule has 0 amide bonds. The van der Waals surface area contributed by atoms with Crippen molar-refractivity contribution in [3.63, 3.8) is 0 Å². The molecule has 2 nitrogen and oxygen atoms in total. The van der Waals surface area contributed by atoms with Crippen molar-refractivity contribution in [3.8, 4) is 0 Å². The average Bonchev–Trinajstić information content (AvgIpc) is 2.30. The van der Waals surface area contributed by atoms with Crippen LogP contribution in [-0.2, 0) is 11.2 Å². The summed E-state index contributed by atoms with van der Waals surface area (Å²) < 4.78 is 0.946. The lowest BCUT2D eigenvalue weighted by Gasteiger charge is -2.20. The highest BCUT2D eigenvalue weighted by atomic mass is 79.9. The Labute approximate surface area is 105 Å². The Hall–Kier alpha value is -0.700. The van der Waals surface area contributed by atoms with Crippen LogP contribution in [0.5, 0.6) is 0 Å². The van der Waals surface area contributed by atoms with Gasteiger partial charge in [0.25, 0.3) is 0 Å². The fourth-order valence-corrected chi connectivity index (χ4v) is 2.73. The monoisotopic (exact) mass is 281 g/mol. The van der Waals surface area contributed by atoms with Gasteiger partial charge in [-0.1, -0.05) is 19.3 Å². The summed E-state index contributed by atoms with van der Waals surface area (Å²) in [6.07, 6.45) is 9.96. The first-order valence-electron chi connectivity index (χ1n) is 5.88. The van der Waals surface area contributed by atoms with Crippen LogP contribution in [0.1, 0.15) is 37.7 Å². The fourth-order valence-electron chi connectivity index (χ4n) is 2.32. The number of hydrogen-bond acceptors (Lipinski definition) is 2. The lowest BCUT2D eigenvalue weighted by molar-refractivity contribution is -0.123. The zero-order chi connectivity index (χ0) is 11.4. The Kier molecular flexibility index (Phi) is 4.10. The minimum atomic E-state index is 0.299. The summed E-state index contributed by atoms with van der Waals surface area (Å²) >= 11 is 3.37. The molecule has 2 rings (SSSR count). The molecule has 3 heteroatoms. The van der Waals surface area contributed by atoms with Gasteiger partial charge in [0.15, 0.2) is 0 Å². The number of rotatable bonds is 3. The molecular formula is C13H16BrNO. The summed E-state index contributed by atoms with van der Waals surface area (Å²) in [6, 6.07) is 1.98. The predicted molar refractivity (Wildman–Crippen MR) is 67.2 cm³/mol. The van der Waals surface area contributed by atoms with Crippen LogP contribution in [0, 0.1) is 5.92 Å². The van der Waals surface area contributed by atoms with Crippen LogP contribution in [0.3, 0.4) is 0 Å². The predicted octanol–water partition coefficient (Wildman–Crippen LogP) is 3.54. The van der Waals surface area contributed by atoms with Gasteiger partial charge in [0.2, 0.25) is 0 Å². The lowest BCUT2D eigenvalue weighted by atomic mass is 9.84. The second-order valence-corrected chi connectivity index (χ2v) is 5.41. The molecule has 1 saturated carbocycles. The van der Waals surface area contributed by atoms with E-state index in [-0.39, 0.29) is 0 Å². The van der Waals surface area contributed by atoms with Crippen molar-refractivity contribution >= 4 is 21.7 Å². The number of ketones is 1. The minimum Gasteiger partial charge on any atom is -0.299 e. The number of halogens is 1. The van der Waals surface area contributed by atoms with Gasteiger partial charge in [0.05, 0.1) is 0 Å². The highest BCUT2D eigenvalue weighted by molar-refractivity contribution is 9.10. The van der Waals surface area contributed by atoms with Crippen molar-refractivity contribution < 1.29 is 4.79 Å². The van der Waals surface area contributed by atoms with E-state index in [4.69, 9.17) is 0 Å². The molecule has 0 saturated heterocycles. The second-order valence-electron chi connectivity index (χ2n) is 4.49. The first-order chi connectivity index (χ1) is 7.75. The first kappa shape index (κ1) is 11.8. The smallest absolute Gasteiger partial charge is 0.140 e. The Morgan fingerprint density at radius 2 is 2.06 bits per heavy atom. The molecule has 1 aromatic heterocycles. The van der Waals surface area contributed by atoms with Crippen LogP contribution in [0.15, 0.2) is 22.9 Å². The number of hydrogen-bond donors (Lipinski definition) is 0. The maximum atomic E-state index is 12.0. The summed E-state index contributed by atoms with van der Waals surface area (Å²) in [5, 5.41) is 0. The van der Waals surface area contributed by atoms with Gasteiger partial charge in [-0.25, -0.2) is 0 Å². The van der Waals surface area contributed by atoms with Gasteiger partial charge in [-0.05, 0) is 40.4 Å². The van der Waals surface area contributed by atoms with Crippen LogP contribution in [0.25, 0.3) is 0 Å². The molecule has 0 bridgehead atoms. The molecule has 1 aliphatic carbocycles. The Morgan fingerprint density at radius 1 is 1.31 bits per heavy atom. The largest absolute Gasteiger partial charge is 0.299 e. The normalized spacial score (nSPS) is 17.3. The van der Waals surface area contributed by atoms with Crippen LogP contribution >= 0.6 is 15.9 Å². The van der Waals surface area contributed by atoms with Crippen LogP contribution < -0.4 is 0 Å². The van der Waals surface area contributed by atoms with E-state index in [0.717, 1.165) is 22.9 Å². The molecule has 0 N–H and O–H groups in total. The number of aromatic nitrogens is 1. The SMILES string of the molecule is O=C(Cc1cncc(Br)c1)C1CCCCC1. The molecule has 0 atom stereocenters. The number of Topliss-reactive ketones (excluding diaryl/α,β-unsaturated/α-hetero) is 1. The van der Waals surface area contributed by atoms with Crippen molar-refractivity contribution in [3.05, 3.63) is 28.5 Å². The highest BCUT2D eigenvalue weighted by Crippen LogP contribution is 2.25. The molecule has 86 valence electrons. The summed E-state index contributed by atoms with van der Waals surface area (Å²) in [5.74, 6) is 0.687. The quantitative estimate of drug-likeness (QED) is 0.848. The Balaban J connectivity index is 1.96. The van der Waals surface area contributed by atoms with E-state index in [1.165, 1.54) is 19.3 Å². The molecule has 0 aromatic carbocycles. The topological polar surface area (TPSA) is 30.0 Å². The van der Waals surface area contributed by atoms with Crippen LogP contribution in [-0.4, -0.2) is 10.8 Å². The number of pyridine rings is 1. The Morgan fingerprint density at radius 3 is 2.75 bits per heavy atom. The van der Waals surface area contributed by atoms with Crippen molar-refractivity contribution in [2.75, 3.05) is 0 Å². The van der Waals surface area contributed by atoms with E-state index < -0.39 is 0 Å². The standard InChI is InChI=1S/C13H16BrNO/c14-12-6-10(8-15-9-12)7-13(16)11-4-2-1-3-5-11/h6,8-9,11H,1-5,7H2. The third-order valence-corrected chi connectivity index (χ3v) is 3.63. The maximum absolute atomic E-state index is 12.0. The van der Waals surface area contributed by atoms with Gasteiger partial charge in [-0.3, -0.25) is 9.78 Å². The number of nitrogens with zero attached hydrogens (tertiary/aromatic N) is 1. The molecule has 1 aliphatic rings. The molecule has 0 radical (unpaired) electrons. The zero-order valence-corrected chi connectivity index (χ0v) is 10.9. The molecule has 16 heavy (non-hydrogen) atoms. The lowest BCUT2D eigenvalue weighted by Crippen LogP contribution is -2.19. The van der Waals surface area contributed by atoms with E-state index >= 15 is 0 Å². The van der Waals surface area contributed by atoms with Gasteiger partial charge >= 0.3 is 0 Å². The van der Waals surface area contributed by atoms with E-state index in [2.05, 4.69) is 20.9 Å². The van der Waals surface area contributed by atoms with Crippen LogP contribution in [0.2, 0.25) is 0 Å². The minimum absolute atomic E-state index is 0.299. The van der Waals surface area contributed by atoms with Gasteiger partial charge in [-0.15, -0.1) is 0 Å². The van der Waals surface area contributed by atoms with E-state index in [9.17, 15) is 4.79 Å². The number of carbonyl (C=O) groups is 1. The third-order valence-electron chi connectivity index (χ3n) is 3.20. The van der Waals surface area contributed by atoms with Gasteiger partial charge < -0.3 is 0 Å². The second kappa shape index (κ2) is 5.58. The summed E-state index contributed by atoms with van der Waals surface area (Å²) in [5.41, 5.74) is 1.02. The van der Waals surface area contributed by atoms with E-state index in [0.29, 0.717) is 18.1 Å². The highest BCUT2D eigenvalue weighted by Gasteiger charge is 2.20. The summed E-state index contributed by atoms with van der Waals surface area (Å²) in [7, 11) is 0. The van der Waals surface area contributed by atoms with Gasteiger partial charge in [-0.2, -0.15) is 0 Å². The van der Waals surface area contributed by atoms with Crippen molar-refractivity contribution in [2.24, 2.45) is 5.92 Å². The molecule has 1 fully saturated rings. The average molecular weight is 282 g/mol. The first-order valence-corrected chi connectivity index (χ1v) is 6.67. The van der Waals surface area contributed by atoms with Crippen molar-refractivity contribution in [2.45, 2.75) is 38.5 Å². The number of carbonyl (C=O) groups excluding carboxylic acids is 1. The molecule has 0 aliphatic heterocycles. The van der Waals surface area contributed by atoms with E-state index in [1.54, 1.807) is 12.4 Å². The van der Waals surface area contributed by atoms with Gasteiger partial charge in [0.1, 0.15) is 5.78 Å². The molecule has 1 aromatic rings.